The Labute approximate surface area is 213 Å². The van der Waals surface area contributed by atoms with Gasteiger partial charge in [0.15, 0.2) is 0 Å². The molecule has 0 aromatic carbocycles. The molecule has 0 bridgehead atoms. The molecule has 0 aromatic heterocycles. The van der Waals surface area contributed by atoms with Crippen LogP contribution in [-0.2, 0) is 19.1 Å². The smallest absolute Gasteiger partial charge is 0.306 e. The van der Waals surface area contributed by atoms with Gasteiger partial charge in [0, 0.05) is 20.0 Å². The number of unbranched alkanes of at least 4 members (excludes halogenated alkanes) is 16. The molecule has 0 aliphatic rings. The van der Waals surface area contributed by atoms with Crippen LogP contribution in [0.2, 0.25) is 0 Å². The van der Waals surface area contributed by atoms with Gasteiger partial charge in [-0.1, -0.05) is 103 Å². The molecule has 0 spiro atoms. The monoisotopic (exact) mass is 484 g/mol. The predicted molar refractivity (Wildman–Crippen MR) is 146 cm³/mol. The van der Waals surface area contributed by atoms with E-state index in [0.717, 1.165) is 32.0 Å². The van der Waals surface area contributed by atoms with E-state index < -0.39 is 0 Å². The number of rotatable bonds is 22. The first kappa shape index (κ1) is 35.3. The van der Waals surface area contributed by atoms with E-state index in [2.05, 4.69) is 13.8 Å². The van der Waals surface area contributed by atoms with E-state index in [1.54, 1.807) is 7.11 Å². The molecule has 0 aliphatic heterocycles. The molecule has 0 fully saturated rings. The highest BCUT2D eigenvalue weighted by molar-refractivity contribution is 5.69. The summed E-state index contributed by atoms with van der Waals surface area (Å²) in [4.78, 5) is 21.8. The minimum Gasteiger partial charge on any atom is -0.460 e. The fraction of sp³-hybridized carbons (Fsp3) is 0.933. The van der Waals surface area contributed by atoms with Gasteiger partial charge in [0.1, 0.15) is 11.9 Å². The third kappa shape index (κ3) is 33.3. The quantitative estimate of drug-likeness (QED) is 0.0872. The van der Waals surface area contributed by atoms with Crippen LogP contribution in [0, 0.1) is 0 Å². The van der Waals surface area contributed by atoms with Crippen LogP contribution >= 0.6 is 0 Å². The second-order valence-electron chi connectivity index (χ2n) is 10.8. The number of carbonyl (C=O) groups is 2. The second-order valence-corrected chi connectivity index (χ2v) is 10.8. The van der Waals surface area contributed by atoms with Crippen molar-refractivity contribution in [1.82, 2.24) is 0 Å². The van der Waals surface area contributed by atoms with Crippen molar-refractivity contribution >= 4 is 12.3 Å². The van der Waals surface area contributed by atoms with Gasteiger partial charge in [-0.15, -0.1) is 0 Å². The van der Waals surface area contributed by atoms with Crippen molar-refractivity contribution in [2.75, 3.05) is 7.11 Å². The van der Waals surface area contributed by atoms with Crippen LogP contribution in [0.15, 0.2) is 0 Å². The van der Waals surface area contributed by atoms with E-state index in [0.29, 0.717) is 12.5 Å². The third-order valence-electron chi connectivity index (χ3n) is 5.97. The van der Waals surface area contributed by atoms with Crippen molar-refractivity contribution in [3.63, 3.8) is 0 Å². The Morgan fingerprint density at radius 1 is 0.735 bits per heavy atom. The van der Waals surface area contributed by atoms with Gasteiger partial charge in [0.05, 0.1) is 6.10 Å². The molecule has 0 aromatic rings. The summed E-state index contributed by atoms with van der Waals surface area (Å²) in [6.07, 6.45) is 25.8. The van der Waals surface area contributed by atoms with Crippen molar-refractivity contribution in [1.29, 1.82) is 0 Å². The molecule has 1 unspecified atom stereocenters. The fourth-order valence-corrected chi connectivity index (χ4v) is 3.89. The average molecular weight is 485 g/mol. The Bertz CT molecular complexity index is 428. The SMILES string of the molecule is CC(C)(C)OC(=O)CCCCCCCCCCCCCCCCCCC=O.CCCC(C)OC. The highest BCUT2D eigenvalue weighted by Crippen LogP contribution is 2.15. The van der Waals surface area contributed by atoms with Gasteiger partial charge in [-0.25, -0.2) is 0 Å². The molecule has 4 nitrogen and oxygen atoms in total. The van der Waals surface area contributed by atoms with Gasteiger partial charge in [-0.2, -0.15) is 0 Å². The van der Waals surface area contributed by atoms with Crippen LogP contribution in [0.1, 0.15) is 163 Å². The van der Waals surface area contributed by atoms with E-state index in [1.165, 1.54) is 96.3 Å². The predicted octanol–water partition coefficient (Wildman–Crippen LogP) is 9.37. The van der Waals surface area contributed by atoms with E-state index in [1.807, 2.05) is 20.8 Å². The number of hydrogen-bond acceptors (Lipinski definition) is 4. The molecule has 1 atom stereocenters. The van der Waals surface area contributed by atoms with Gasteiger partial charge in [-0.05, 0) is 47.0 Å². The maximum atomic E-state index is 11.6. The number of ether oxygens (including phenoxy) is 2. The molecule has 0 rings (SSSR count). The fourth-order valence-electron chi connectivity index (χ4n) is 3.89. The molecular formula is C30H60O4. The highest BCUT2D eigenvalue weighted by Gasteiger charge is 2.15. The summed E-state index contributed by atoms with van der Waals surface area (Å²) >= 11 is 0. The number of carbonyl (C=O) groups excluding carboxylic acids is 2. The van der Waals surface area contributed by atoms with Gasteiger partial charge in [0.2, 0.25) is 0 Å². The average Bonchev–Trinajstić information content (AvgIpc) is 2.77. The molecule has 4 heteroatoms. The first-order valence-electron chi connectivity index (χ1n) is 14.4. The van der Waals surface area contributed by atoms with Crippen molar-refractivity contribution in [3.8, 4) is 0 Å². The molecule has 0 amide bonds. The second kappa shape index (κ2) is 26.7. The van der Waals surface area contributed by atoms with Crippen LogP contribution < -0.4 is 0 Å². The van der Waals surface area contributed by atoms with Crippen molar-refractivity contribution in [2.45, 2.75) is 175 Å². The van der Waals surface area contributed by atoms with Crippen LogP contribution in [0.25, 0.3) is 0 Å². The number of esters is 1. The third-order valence-corrected chi connectivity index (χ3v) is 5.97. The van der Waals surface area contributed by atoms with Crippen molar-refractivity contribution < 1.29 is 19.1 Å². The van der Waals surface area contributed by atoms with E-state index >= 15 is 0 Å². The summed E-state index contributed by atoms with van der Waals surface area (Å²) in [5, 5.41) is 0. The van der Waals surface area contributed by atoms with Crippen molar-refractivity contribution in [3.05, 3.63) is 0 Å². The van der Waals surface area contributed by atoms with Gasteiger partial charge in [0.25, 0.3) is 0 Å². The minimum absolute atomic E-state index is 0.0552. The number of methoxy groups -OCH3 is 1. The van der Waals surface area contributed by atoms with E-state index in [9.17, 15) is 9.59 Å². The lowest BCUT2D eigenvalue weighted by Gasteiger charge is -2.19. The maximum absolute atomic E-state index is 11.6. The zero-order valence-corrected chi connectivity index (χ0v) is 23.9. The molecule has 0 saturated carbocycles. The Morgan fingerprint density at radius 3 is 1.41 bits per heavy atom. The zero-order valence-electron chi connectivity index (χ0n) is 23.9. The number of hydrogen-bond donors (Lipinski definition) is 0. The van der Waals surface area contributed by atoms with Gasteiger partial charge >= 0.3 is 5.97 Å². The molecular weight excluding hydrogens is 424 g/mol. The van der Waals surface area contributed by atoms with Gasteiger partial charge in [-0.3, -0.25) is 4.79 Å². The van der Waals surface area contributed by atoms with Gasteiger partial charge < -0.3 is 14.3 Å². The van der Waals surface area contributed by atoms with Crippen LogP contribution in [-0.4, -0.2) is 31.1 Å². The molecule has 0 radical (unpaired) electrons. The zero-order chi connectivity index (χ0) is 25.9. The standard InChI is InChI=1S/C24H46O3.C6H14O/c1-24(2,3)27-23(26)21-19-17-15-13-11-9-7-5-4-6-8-10-12-14-16-18-20-22-25;1-4-5-6(2)7-3/h22H,4-21H2,1-3H3;6H,4-5H2,1-3H3. The molecule has 0 aliphatic carbocycles. The Hall–Kier alpha value is -0.900. The summed E-state index contributed by atoms with van der Waals surface area (Å²) < 4.78 is 10.3. The highest BCUT2D eigenvalue weighted by atomic mass is 16.6. The summed E-state index contributed by atoms with van der Waals surface area (Å²) in [5.74, 6) is -0.0552. The summed E-state index contributed by atoms with van der Waals surface area (Å²) in [6.45, 7) is 10.0. The summed E-state index contributed by atoms with van der Waals surface area (Å²) in [6, 6.07) is 0. The Morgan fingerprint density at radius 2 is 1.12 bits per heavy atom. The summed E-state index contributed by atoms with van der Waals surface area (Å²) in [5.41, 5.74) is -0.352. The van der Waals surface area contributed by atoms with E-state index in [-0.39, 0.29) is 11.6 Å². The lowest BCUT2D eigenvalue weighted by Crippen LogP contribution is -2.23. The molecule has 0 heterocycles. The summed E-state index contributed by atoms with van der Waals surface area (Å²) in [7, 11) is 1.75. The minimum atomic E-state index is -0.352. The normalized spacial score (nSPS) is 12.1. The van der Waals surface area contributed by atoms with Crippen LogP contribution in [0.5, 0.6) is 0 Å². The molecule has 0 N–H and O–H groups in total. The van der Waals surface area contributed by atoms with Crippen molar-refractivity contribution in [2.24, 2.45) is 0 Å². The Balaban J connectivity index is 0. The largest absolute Gasteiger partial charge is 0.460 e. The number of aldehydes is 1. The lowest BCUT2D eigenvalue weighted by atomic mass is 10.0. The van der Waals surface area contributed by atoms with E-state index in [4.69, 9.17) is 9.47 Å². The Kier molecular flexibility index (Phi) is 27.7. The molecule has 0 saturated heterocycles. The lowest BCUT2D eigenvalue weighted by molar-refractivity contribution is -0.154. The maximum Gasteiger partial charge on any atom is 0.306 e. The first-order chi connectivity index (χ1) is 16.3. The first-order valence-corrected chi connectivity index (χ1v) is 14.4. The molecule has 204 valence electrons. The molecule has 34 heavy (non-hydrogen) atoms. The van der Waals surface area contributed by atoms with Crippen LogP contribution in [0.3, 0.4) is 0 Å². The topological polar surface area (TPSA) is 52.6 Å². The van der Waals surface area contributed by atoms with Crippen LogP contribution in [0.4, 0.5) is 0 Å².